The zero-order valence-corrected chi connectivity index (χ0v) is 20.2. The highest BCUT2D eigenvalue weighted by Crippen LogP contribution is 2.32. The molecule has 0 aliphatic heterocycles. The predicted molar refractivity (Wildman–Crippen MR) is 124 cm³/mol. The first-order valence-corrected chi connectivity index (χ1v) is 12.4. The fourth-order valence-electron chi connectivity index (χ4n) is 3.25. The van der Waals surface area contributed by atoms with E-state index in [9.17, 15) is 31.2 Å². The highest BCUT2D eigenvalue weighted by molar-refractivity contribution is 7.92. The van der Waals surface area contributed by atoms with E-state index in [1.807, 2.05) is 19.1 Å². The van der Waals surface area contributed by atoms with Crippen LogP contribution < -0.4 is 9.62 Å². The van der Waals surface area contributed by atoms with Crippen LogP contribution in [-0.2, 0) is 32.3 Å². The Labute approximate surface area is 197 Å². The Kier molecular flexibility index (Phi) is 8.71. The van der Waals surface area contributed by atoms with Crippen LogP contribution >= 0.6 is 0 Å². The molecule has 0 bridgehead atoms. The average Bonchev–Trinajstić information content (AvgIpc) is 2.75. The van der Waals surface area contributed by atoms with Gasteiger partial charge < -0.3 is 10.2 Å². The van der Waals surface area contributed by atoms with E-state index in [0.29, 0.717) is 22.5 Å². The molecule has 11 heteroatoms. The SMILES string of the molecule is CCNC(=O)[C@@H](C)N(Cc1ccc(C)cc1)C(=O)CN(c1cccc(C(F)(F)F)c1)S(C)(=O)=O. The molecule has 0 spiro atoms. The lowest BCUT2D eigenvalue weighted by Gasteiger charge is -2.31. The summed E-state index contributed by atoms with van der Waals surface area (Å²) in [5.41, 5.74) is 0.358. The molecule has 7 nitrogen and oxygen atoms in total. The molecule has 0 saturated carbocycles. The standard InChI is InChI=1S/C23H28F3N3O4S/c1-5-27-22(31)17(3)28(14-18-11-9-16(2)10-12-18)21(30)15-29(34(4,32)33)20-8-6-7-19(13-20)23(24,25)26/h6-13,17H,5,14-15H2,1-4H3,(H,27,31)/t17-/m1/s1. The van der Waals surface area contributed by atoms with Crippen LogP contribution in [0.4, 0.5) is 18.9 Å². The molecule has 0 fully saturated rings. The highest BCUT2D eigenvalue weighted by Gasteiger charge is 2.33. The summed E-state index contributed by atoms with van der Waals surface area (Å²) >= 11 is 0. The number of carbonyl (C=O) groups is 2. The van der Waals surface area contributed by atoms with Gasteiger partial charge in [0.25, 0.3) is 0 Å². The molecule has 0 aromatic heterocycles. The van der Waals surface area contributed by atoms with Gasteiger partial charge in [0.15, 0.2) is 0 Å². The molecule has 2 aromatic rings. The van der Waals surface area contributed by atoms with Gasteiger partial charge in [0.05, 0.1) is 17.5 Å². The third-order valence-corrected chi connectivity index (χ3v) is 6.27. The molecule has 0 aliphatic carbocycles. The Balaban J connectivity index is 2.42. The van der Waals surface area contributed by atoms with Gasteiger partial charge in [-0.2, -0.15) is 13.2 Å². The maximum absolute atomic E-state index is 13.3. The van der Waals surface area contributed by atoms with E-state index in [4.69, 9.17) is 0 Å². The molecule has 0 saturated heterocycles. The minimum Gasteiger partial charge on any atom is -0.355 e. The van der Waals surface area contributed by atoms with Crippen molar-refractivity contribution in [3.8, 4) is 0 Å². The number of benzene rings is 2. The molecule has 2 amide bonds. The van der Waals surface area contributed by atoms with Crippen molar-refractivity contribution in [2.75, 3.05) is 23.7 Å². The van der Waals surface area contributed by atoms with Gasteiger partial charge in [-0.05, 0) is 44.5 Å². The molecule has 0 heterocycles. The monoisotopic (exact) mass is 499 g/mol. The largest absolute Gasteiger partial charge is 0.416 e. The van der Waals surface area contributed by atoms with E-state index in [2.05, 4.69) is 5.32 Å². The number of amides is 2. The molecular weight excluding hydrogens is 471 g/mol. The van der Waals surface area contributed by atoms with Crippen molar-refractivity contribution in [3.63, 3.8) is 0 Å². The quantitative estimate of drug-likeness (QED) is 0.574. The molecule has 34 heavy (non-hydrogen) atoms. The number of nitrogens with zero attached hydrogens (tertiary/aromatic N) is 2. The van der Waals surface area contributed by atoms with Gasteiger partial charge in [-0.3, -0.25) is 13.9 Å². The van der Waals surface area contributed by atoms with Crippen molar-refractivity contribution in [2.24, 2.45) is 0 Å². The van der Waals surface area contributed by atoms with Crippen LogP contribution in [0.1, 0.15) is 30.5 Å². The number of likely N-dealkylation sites (N-methyl/N-ethyl adjacent to an activating group) is 1. The van der Waals surface area contributed by atoms with Crippen molar-refractivity contribution >= 4 is 27.5 Å². The maximum atomic E-state index is 13.3. The number of rotatable bonds is 9. The van der Waals surface area contributed by atoms with Crippen LogP contribution in [0, 0.1) is 6.92 Å². The van der Waals surface area contributed by atoms with Crippen LogP contribution in [-0.4, -0.2) is 50.5 Å². The first-order chi connectivity index (χ1) is 15.7. The normalized spacial score (nSPS) is 12.7. The van der Waals surface area contributed by atoms with Gasteiger partial charge in [-0.25, -0.2) is 8.42 Å². The second-order valence-corrected chi connectivity index (χ2v) is 9.80. The molecule has 1 atom stereocenters. The second-order valence-electron chi connectivity index (χ2n) is 7.90. The average molecular weight is 500 g/mol. The van der Waals surface area contributed by atoms with Crippen LogP contribution in [0.15, 0.2) is 48.5 Å². The number of anilines is 1. The number of carbonyl (C=O) groups excluding carboxylic acids is 2. The Hall–Kier alpha value is -3.08. The van der Waals surface area contributed by atoms with E-state index in [1.54, 1.807) is 19.1 Å². The molecule has 0 aliphatic rings. The molecule has 1 N–H and O–H groups in total. The van der Waals surface area contributed by atoms with Gasteiger partial charge in [-0.1, -0.05) is 35.9 Å². The van der Waals surface area contributed by atoms with Crippen LogP contribution in [0.5, 0.6) is 0 Å². The van der Waals surface area contributed by atoms with E-state index in [1.165, 1.54) is 17.9 Å². The van der Waals surface area contributed by atoms with Gasteiger partial charge in [0, 0.05) is 13.1 Å². The minimum atomic E-state index is -4.69. The van der Waals surface area contributed by atoms with Crippen LogP contribution in [0.25, 0.3) is 0 Å². The summed E-state index contributed by atoms with van der Waals surface area (Å²) in [5.74, 6) is -1.17. The number of aryl methyl sites for hydroxylation is 1. The first-order valence-electron chi connectivity index (χ1n) is 10.5. The van der Waals surface area contributed by atoms with E-state index in [-0.39, 0.29) is 12.2 Å². The van der Waals surface area contributed by atoms with Crippen LogP contribution in [0.3, 0.4) is 0 Å². The summed E-state index contributed by atoms with van der Waals surface area (Å²) in [6.45, 7) is 4.69. The maximum Gasteiger partial charge on any atom is 0.416 e. The number of halogens is 3. The summed E-state index contributed by atoms with van der Waals surface area (Å²) < 4.78 is 65.0. The van der Waals surface area contributed by atoms with Crippen molar-refractivity contribution in [3.05, 3.63) is 65.2 Å². The lowest BCUT2D eigenvalue weighted by molar-refractivity contribution is -0.139. The van der Waals surface area contributed by atoms with Crippen molar-refractivity contribution < 1.29 is 31.2 Å². The predicted octanol–water partition coefficient (Wildman–Crippen LogP) is 3.33. The summed E-state index contributed by atoms with van der Waals surface area (Å²) in [7, 11) is -4.13. The summed E-state index contributed by atoms with van der Waals surface area (Å²) in [6.07, 6.45) is -3.88. The molecule has 2 aromatic carbocycles. The molecule has 0 unspecified atom stereocenters. The third kappa shape index (κ3) is 7.21. The van der Waals surface area contributed by atoms with Gasteiger partial charge in [0.2, 0.25) is 21.8 Å². The Bertz CT molecular complexity index is 1120. The number of alkyl halides is 3. The van der Waals surface area contributed by atoms with Gasteiger partial charge >= 0.3 is 6.18 Å². The summed E-state index contributed by atoms with van der Waals surface area (Å²) in [6, 6.07) is 10.0. The molecule has 0 radical (unpaired) electrons. The van der Waals surface area contributed by atoms with Gasteiger partial charge in [-0.15, -0.1) is 0 Å². The Morgan fingerprint density at radius 2 is 1.71 bits per heavy atom. The topological polar surface area (TPSA) is 86.8 Å². The highest BCUT2D eigenvalue weighted by atomic mass is 32.2. The number of hydrogen-bond donors (Lipinski definition) is 1. The molecule has 186 valence electrons. The molecule has 2 rings (SSSR count). The van der Waals surface area contributed by atoms with Crippen molar-refractivity contribution in [1.29, 1.82) is 0 Å². The fourth-order valence-corrected chi connectivity index (χ4v) is 4.09. The van der Waals surface area contributed by atoms with Crippen LogP contribution in [0.2, 0.25) is 0 Å². The van der Waals surface area contributed by atoms with E-state index < -0.39 is 46.2 Å². The summed E-state index contributed by atoms with van der Waals surface area (Å²) in [5, 5.41) is 2.63. The molecular formula is C23H28F3N3O4S. The number of hydrogen-bond acceptors (Lipinski definition) is 4. The zero-order chi connectivity index (χ0) is 25.7. The minimum absolute atomic E-state index is 0.0115. The Morgan fingerprint density at radius 1 is 1.09 bits per heavy atom. The summed E-state index contributed by atoms with van der Waals surface area (Å²) in [4.78, 5) is 27.0. The van der Waals surface area contributed by atoms with Crippen molar-refractivity contribution in [2.45, 2.75) is 39.5 Å². The fraction of sp³-hybridized carbons (Fsp3) is 0.391. The van der Waals surface area contributed by atoms with Crippen molar-refractivity contribution in [1.82, 2.24) is 10.2 Å². The number of nitrogens with one attached hydrogen (secondary N) is 1. The Morgan fingerprint density at radius 3 is 2.24 bits per heavy atom. The zero-order valence-electron chi connectivity index (χ0n) is 19.4. The third-order valence-electron chi connectivity index (χ3n) is 5.13. The van der Waals surface area contributed by atoms with Gasteiger partial charge in [0.1, 0.15) is 12.6 Å². The lowest BCUT2D eigenvalue weighted by atomic mass is 10.1. The second kappa shape index (κ2) is 10.9. The lowest BCUT2D eigenvalue weighted by Crippen LogP contribution is -2.51. The smallest absolute Gasteiger partial charge is 0.355 e. The number of sulfonamides is 1. The van der Waals surface area contributed by atoms with E-state index >= 15 is 0 Å². The first kappa shape index (κ1) is 27.2. The van der Waals surface area contributed by atoms with E-state index in [0.717, 1.165) is 24.0 Å².